The molecule has 0 bridgehead atoms. The number of benzene rings is 1. The number of hydrogen-bond donors (Lipinski definition) is 1. The Labute approximate surface area is 129 Å². The van der Waals surface area contributed by atoms with Gasteiger partial charge in [0, 0.05) is 21.2 Å². The van der Waals surface area contributed by atoms with E-state index >= 15 is 0 Å². The number of thiazole rings is 1. The highest BCUT2D eigenvalue weighted by Gasteiger charge is 2.14. The Kier molecular flexibility index (Phi) is 5.26. The van der Waals surface area contributed by atoms with Crippen LogP contribution in [-0.2, 0) is 0 Å². The van der Waals surface area contributed by atoms with Crippen LogP contribution >= 0.6 is 23.1 Å². The van der Waals surface area contributed by atoms with Crippen LogP contribution in [0.2, 0.25) is 0 Å². The Morgan fingerprint density at radius 1 is 1.40 bits per heavy atom. The lowest BCUT2D eigenvalue weighted by Gasteiger charge is -2.17. The summed E-state index contributed by atoms with van der Waals surface area (Å²) in [5.74, 6) is 0.922. The van der Waals surface area contributed by atoms with Crippen LogP contribution in [0.4, 0.5) is 5.69 Å². The Bertz CT molecular complexity index is 590. The molecule has 2 rings (SSSR count). The zero-order chi connectivity index (χ0) is 14.5. The number of aromatic nitrogens is 1. The lowest BCUT2D eigenvalue weighted by Crippen LogP contribution is -2.07. The first-order chi connectivity index (χ1) is 9.61. The molecule has 4 heteroatoms. The average molecular weight is 304 g/mol. The van der Waals surface area contributed by atoms with E-state index in [-0.39, 0.29) is 6.04 Å². The molecule has 0 aliphatic rings. The molecular weight excluding hydrogens is 284 g/mol. The first-order valence-electron chi connectivity index (χ1n) is 6.65. The van der Waals surface area contributed by atoms with E-state index in [2.05, 4.69) is 61.9 Å². The van der Waals surface area contributed by atoms with Crippen LogP contribution in [0.15, 0.2) is 41.8 Å². The predicted octanol–water partition coefficient (Wildman–Crippen LogP) is 5.21. The standard InChI is InChI=1S/C16H20N2S2/c1-5-10-19-15-9-7-6-8-14(15)18-12(3)16-11(2)17-13(4)20-16/h5-9,12,18H,1,10H2,2-4H3. The van der Waals surface area contributed by atoms with Crippen molar-refractivity contribution in [1.29, 1.82) is 0 Å². The second-order valence-electron chi connectivity index (χ2n) is 4.64. The average Bonchev–Trinajstić information content (AvgIpc) is 2.77. The maximum atomic E-state index is 4.51. The number of aryl methyl sites for hydroxylation is 2. The third-order valence-corrected chi connectivity index (χ3v) is 5.27. The zero-order valence-corrected chi connectivity index (χ0v) is 13.8. The highest BCUT2D eigenvalue weighted by Crippen LogP contribution is 2.32. The first-order valence-corrected chi connectivity index (χ1v) is 8.45. The Balaban J connectivity index is 2.17. The van der Waals surface area contributed by atoms with Crippen LogP contribution < -0.4 is 5.32 Å². The molecule has 1 aromatic heterocycles. The van der Waals surface area contributed by atoms with E-state index in [0.717, 1.165) is 16.5 Å². The van der Waals surface area contributed by atoms with Crippen LogP contribution in [0.5, 0.6) is 0 Å². The van der Waals surface area contributed by atoms with Gasteiger partial charge in [0.1, 0.15) is 0 Å². The van der Waals surface area contributed by atoms with E-state index in [4.69, 9.17) is 0 Å². The highest BCUT2D eigenvalue weighted by atomic mass is 32.2. The van der Waals surface area contributed by atoms with Crippen molar-refractivity contribution in [2.24, 2.45) is 0 Å². The van der Waals surface area contributed by atoms with Crippen molar-refractivity contribution in [3.05, 3.63) is 52.5 Å². The van der Waals surface area contributed by atoms with Crippen molar-refractivity contribution in [2.45, 2.75) is 31.7 Å². The Hall–Kier alpha value is -1.26. The normalized spacial score (nSPS) is 12.2. The second-order valence-corrected chi connectivity index (χ2v) is 6.94. The number of nitrogens with one attached hydrogen (secondary N) is 1. The number of anilines is 1. The van der Waals surface area contributed by atoms with Crippen molar-refractivity contribution >= 4 is 28.8 Å². The molecule has 1 aromatic carbocycles. The van der Waals surface area contributed by atoms with Crippen molar-refractivity contribution in [1.82, 2.24) is 4.98 Å². The van der Waals surface area contributed by atoms with Gasteiger partial charge in [-0.3, -0.25) is 0 Å². The summed E-state index contributed by atoms with van der Waals surface area (Å²) < 4.78 is 0. The van der Waals surface area contributed by atoms with E-state index in [0.29, 0.717) is 0 Å². The van der Waals surface area contributed by atoms with Crippen molar-refractivity contribution in [3.63, 3.8) is 0 Å². The molecule has 106 valence electrons. The van der Waals surface area contributed by atoms with Gasteiger partial charge in [-0.1, -0.05) is 18.2 Å². The van der Waals surface area contributed by atoms with Crippen LogP contribution in [0.25, 0.3) is 0 Å². The van der Waals surface area contributed by atoms with Crippen molar-refractivity contribution < 1.29 is 0 Å². The lowest BCUT2D eigenvalue weighted by atomic mass is 10.2. The molecule has 0 aliphatic carbocycles. The van der Waals surface area contributed by atoms with Crippen molar-refractivity contribution in [2.75, 3.05) is 11.1 Å². The smallest absolute Gasteiger partial charge is 0.0900 e. The molecule has 0 radical (unpaired) electrons. The van der Waals surface area contributed by atoms with Gasteiger partial charge < -0.3 is 5.32 Å². The maximum absolute atomic E-state index is 4.51. The van der Waals surface area contributed by atoms with Crippen LogP contribution in [0.3, 0.4) is 0 Å². The van der Waals surface area contributed by atoms with Gasteiger partial charge in [-0.05, 0) is 32.9 Å². The predicted molar refractivity (Wildman–Crippen MR) is 91.0 cm³/mol. The number of para-hydroxylation sites is 1. The summed E-state index contributed by atoms with van der Waals surface area (Å²) in [7, 11) is 0. The monoisotopic (exact) mass is 304 g/mol. The van der Waals surface area contributed by atoms with Gasteiger partial charge in [-0.15, -0.1) is 29.7 Å². The van der Waals surface area contributed by atoms with Gasteiger partial charge in [0.05, 0.1) is 16.7 Å². The fraction of sp³-hybridized carbons (Fsp3) is 0.312. The lowest BCUT2D eigenvalue weighted by molar-refractivity contribution is 0.884. The molecule has 0 fully saturated rings. The van der Waals surface area contributed by atoms with Gasteiger partial charge in [-0.25, -0.2) is 4.98 Å². The van der Waals surface area contributed by atoms with Crippen LogP contribution in [-0.4, -0.2) is 10.7 Å². The number of hydrogen-bond acceptors (Lipinski definition) is 4. The summed E-state index contributed by atoms with van der Waals surface area (Å²) in [6.45, 7) is 10.1. The minimum Gasteiger partial charge on any atom is -0.377 e. The molecule has 0 saturated carbocycles. The van der Waals surface area contributed by atoms with Gasteiger partial charge in [0.15, 0.2) is 0 Å². The highest BCUT2D eigenvalue weighted by molar-refractivity contribution is 7.99. The van der Waals surface area contributed by atoms with Crippen LogP contribution in [0, 0.1) is 13.8 Å². The minimum absolute atomic E-state index is 0.270. The molecule has 2 nitrogen and oxygen atoms in total. The summed E-state index contributed by atoms with van der Waals surface area (Å²) in [6.07, 6.45) is 1.93. The molecule has 1 unspecified atom stereocenters. The topological polar surface area (TPSA) is 24.9 Å². The van der Waals surface area contributed by atoms with Crippen molar-refractivity contribution in [3.8, 4) is 0 Å². The largest absolute Gasteiger partial charge is 0.377 e. The van der Waals surface area contributed by atoms with E-state index in [1.54, 1.807) is 23.1 Å². The maximum Gasteiger partial charge on any atom is 0.0900 e. The second kappa shape index (κ2) is 6.95. The van der Waals surface area contributed by atoms with Crippen LogP contribution in [0.1, 0.15) is 28.5 Å². The molecular formula is C16H20N2S2. The summed E-state index contributed by atoms with van der Waals surface area (Å²) in [4.78, 5) is 7.08. The molecule has 20 heavy (non-hydrogen) atoms. The fourth-order valence-corrected chi connectivity index (χ4v) is 3.79. The Morgan fingerprint density at radius 2 is 2.15 bits per heavy atom. The molecule has 2 aromatic rings. The number of nitrogens with zero attached hydrogens (tertiary/aromatic N) is 1. The summed E-state index contributed by atoms with van der Waals surface area (Å²) in [6, 6.07) is 8.69. The SMILES string of the molecule is C=CCSc1ccccc1NC(C)c1sc(C)nc1C. The molecule has 1 heterocycles. The van der Waals surface area contributed by atoms with E-state index in [1.165, 1.54) is 15.5 Å². The number of thioether (sulfide) groups is 1. The third kappa shape index (κ3) is 3.64. The van der Waals surface area contributed by atoms with Gasteiger partial charge >= 0.3 is 0 Å². The zero-order valence-electron chi connectivity index (χ0n) is 12.1. The quantitative estimate of drug-likeness (QED) is 0.585. The van der Waals surface area contributed by atoms with E-state index in [1.807, 2.05) is 6.08 Å². The molecule has 0 spiro atoms. The fourth-order valence-electron chi connectivity index (χ4n) is 2.11. The first kappa shape index (κ1) is 15.1. The van der Waals surface area contributed by atoms with E-state index in [9.17, 15) is 0 Å². The summed E-state index contributed by atoms with van der Waals surface area (Å²) >= 11 is 3.57. The number of rotatable bonds is 6. The third-order valence-electron chi connectivity index (χ3n) is 2.95. The molecule has 0 aliphatic heterocycles. The van der Waals surface area contributed by atoms with Gasteiger partial charge in [0.25, 0.3) is 0 Å². The van der Waals surface area contributed by atoms with Gasteiger partial charge in [0.2, 0.25) is 0 Å². The molecule has 0 amide bonds. The molecule has 1 N–H and O–H groups in total. The summed E-state index contributed by atoms with van der Waals surface area (Å²) in [5, 5.41) is 4.73. The summed E-state index contributed by atoms with van der Waals surface area (Å²) in [5.41, 5.74) is 2.31. The molecule has 1 atom stereocenters. The molecule has 0 saturated heterocycles. The van der Waals surface area contributed by atoms with E-state index < -0.39 is 0 Å². The van der Waals surface area contributed by atoms with Gasteiger partial charge in [-0.2, -0.15) is 0 Å². The Morgan fingerprint density at radius 3 is 2.80 bits per heavy atom. The minimum atomic E-state index is 0.270.